The predicted octanol–water partition coefficient (Wildman–Crippen LogP) is 6.17. The summed E-state index contributed by atoms with van der Waals surface area (Å²) in [6.45, 7) is 2.70. The van der Waals surface area contributed by atoms with Crippen LogP contribution in [-0.2, 0) is 11.3 Å². The molecule has 6 nitrogen and oxygen atoms in total. The molecule has 1 N–H and O–H groups in total. The van der Waals surface area contributed by atoms with Gasteiger partial charge in [0.25, 0.3) is 5.91 Å². The minimum Gasteiger partial charge on any atom is -0.302 e. The van der Waals surface area contributed by atoms with Crippen molar-refractivity contribution in [3.05, 3.63) is 89.4 Å². The number of hydrogen-bond acceptors (Lipinski definition) is 5. The van der Waals surface area contributed by atoms with E-state index in [4.69, 9.17) is 11.6 Å². The number of rotatable bonds is 7. The second-order valence-electron chi connectivity index (χ2n) is 7.87. The Balaban J connectivity index is 1.29. The van der Waals surface area contributed by atoms with E-state index in [2.05, 4.69) is 51.1 Å². The van der Waals surface area contributed by atoms with Crippen molar-refractivity contribution in [3.63, 3.8) is 0 Å². The van der Waals surface area contributed by atoms with Crippen LogP contribution in [-0.4, -0.2) is 32.6 Å². The van der Waals surface area contributed by atoms with E-state index in [-0.39, 0.29) is 11.7 Å². The topological polar surface area (TPSA) is 72.2 Å². The third kappa shape index (κ3) is 4.92. The molecule has 0 bridgehead atoms. The van der Waals surface area contributed by atoms with E-state index >= 15 is 0 Å². The summed E-state index contributed by atoms with van der Waals surface area (Å²) in [6, 6.07) is 26.0. The van der Waals surface area contributed by atoms with Gasteiger partial charge in [-0.1, -0.05) is 71.9 Å². The number of hydrazone groups is 1. The van der Waals surface area contributed by atoms with Gasteiger partial charge in [-0.15, -0.1) is 10.2 Å². The summed E-state index contributed by atoms with van der Waals surface area (Å²) in [7, 11) is 0. The van der Waals surface area contributed by atoms with Gasteiger partial charge in [-0.3, -0.25) is 4.79 Å². The van der Waals surface area contributed by atoms with E-state index in [1.54, 1.807) is 6.21 Å². The molecule has 0 fully saturated rings. The van der Waals surface area contributed by atoms with Crippen molar-refractivity contribution in [2.45, 2.75) is 18.6 Å². The number of nitrogens with zero attached hydrogens (tertiary/aromatic N) is 4. The van der Waals surface area contributed by atoms with Gasteiger partial charge in [-0.2, -0.15) is 5.10 Å². The van der Waals surface area contributed by atoms with Crippen molar-refractivity contribution in [2.75, 3.05) is 5.75 Å². The smallest absolute Gasteiger partial charge is 0.250 e. The Hall–Kier alpha value is -3.68. The molecular weight excluding hydrogens is 478 g/mol. The third-order valence-electron chi connectivity index (χ3n) is 5.66. The highest BCUT2D eigenvalue weighted by molar-refractivity contribution is 7.99. The average molecular weight is 500 g/mol. The normalized spacial score (nSPS) is 11.5. The van der Waals surface area contributed by atoms with Crippen molar-refractivity contribution >= 4 is 57.0 Å². The quantitative estimate of drug-likeness (QED) is 0.126. The number of carbonyl (C=O) groups is 1. The number of halogens is 1. The fourth-order valence-electron chi connectivity index (χ4n) is 4.01. The Bertz CT molecular complexity index is 1490. The third-order valence-corrected chi connectivity index (χ3v) is 6.88. The highest BCUT2D eigenvalue weighted by Crippen LogP contribution is 2.27. The average Bonchev–Trinajstić information content (AvgIpc) is 3.30. The second-order valence-corrected chi connectivity index (χ2v) is 9.25. The second kappa shape index (κ2) is 10.3. The van der Waals surface area contributed by atoms with Crippen molar-refractivity contribution in [3.8, 4) is 11.4 Å². The molecule has 1 amide bonds. The summed E-state index contributed by atoms with van der Waals surface area (Å²) in [5.41, 5.74) is 4.55. The first-order chi connectivity index (χ1) is 17.1. The summed E-state index contributed by atoms with van der Waals surface area (Å²) in [5.74, 6) is 0.703. The predicted molar refractivity (Wildman–Crippen MR) is 144 cm³/mol. The van der Waals surface area contributed by atoms with Crippen LogP contribution in [0.2, 0.25) is 5.02 Å². The number of benzene rings is 4. The molecule has 0 saturated heterocycles. The molecule has 0 unspecified atom stereocenters. The van der Waals surface area contributed by atoms with E-state index in [0.29, 0.717) is 16.7 Å². The monoisotopic (exact) mass is 499 g/mol. The number of nitrogens with one attached hydrogen (secondary N) is 1. The molecule has 0 aliphatic rings. The van der Waals surface area contributed by atoms with Crippen molar-refractivity contribution in [2.24, 2.45) is 5.10 Å². The number of fused-ring (bicyclic) bond motifs is 2. The number of aromatic nitrogens is 3. The first kappa shape index (κ1) is 23.1. The molecule has 4 aromatic carbocycles. The minimum absolute atomic E-state index is 0.173. The van der Waals surface area contributed by atoms with Gasteiger partial charge in [0, 0.05) is 22.7 Å². The molecule has 0 saturated carbocycles. The van der Waals surface area contributed by atoms with Gasteiger partial charge in [0.1, 0.15) is 0 Å². The fraction of sp³-hybridized carbons (Fsp3) is 0.111. The van der Waals surface area contributed by atoms with Crippen LogP contribution < -0.4 is 5.43 Å². The first-order valence-electron chi connectivity index (χ1n) is 11.2. The van der Waals surface area contributed by atoms with Crippen LogP contribution >= 0.6 is 23.4 Å². The Morgan fingerprint density at radius 3 is 2.31 bits per heavy atom. The van der Waals surface area contributed by atoms with Gasteiger partial charge in [0.05, 0.1) is 12.0 Å². The van der Waals surface area contributed by atoms with E-state index in [0.717, 1.165) is 38.5 Å². The Kier molecular flexibility index (Phi) is 6.79. The van der Waals surface area contributed by atoms with Crippen LogP contribution in [0.3, 0.4) is 0 Å². The standard InChI is InChI=1S/C27H22ClN5OS/c1-2-33-26(18-11-13-21(28)14-12-18)31-32-27(33)35-17-25(34)30-29-16-24-22-9-5-3-7-19(22)15-20-8-4-6-10-23(20)24/h3-16H,2,17H2,1H3,(H,30,34). The molecule has 0 aliphatic heterocycles. The summed E-state index contributed by atoms with van der Waals surface area (Å²) < 4.78 is 1.98. The maximum atomic E-state index is 12.5. The van der Waals surface area contributed by atoms with Crippen LogP contribution in [0.5, 0.6) is 0 Å². The molecule has 0 spiro atoms. The van der Waals surface area contributed by atoms with E-state index in [1.807, 2.05) is 60.0 Å². The van der Waals surface area contributed by atoms with Gasteiger partial charge >= 0.3 is 0 Å². The summed E-state index contributed by atoms with van der Waals surface area (Å²) >= 11 is 7.32. The molecule has 8 heteroatoms. The Labute approximate surface area is 212 Å². The van der Waals surface area contributed by atoms with Gasteiger partial charge in [0.2, 0.25) is 0 Å². The molecule has 174 valence electrons. The van der Waals surface area contributed by atoms with Gasteiger partial charge < -0.3 is 4.57 Å². The number of carbonyl (C=O) groups excluding carboxylic acids is 1. The van der Waals surface area contributed by atoms with Gasteiger partial charge in [-0.05, 0) is 58.8 Å². The molecule has 1 aromatic heterocycles. The van der Waals surface area contributed by atoms with E-state index < -0.39 is 0 Å². The maximum Gasteiger partial charge on any atom is 0.250 e. The summed E-state index contributed by atoms with van der Waals surface area (Å²) in [6.07, 6.45) is 1.72. The van der Waals surface area contributed by atoms with Crippen molar-refractivity contribution < 1.29 is 4.79 Å². The molecule has 0 aliphatic carbocycles. The fourth-order valence-corrected chi connectivity index (χ4v) is 4.93. The number of amides is 1. The summed E-state index contributed by atoms with van der Waals surface area (Å²) in [5, 5.41) is 18.6. The van der Waals surface area contributed by atoms with Gasteiger partial charge in [0.15, 0.2) is 11.0 Å². The highest BCUT2D eigenvalue weighted by atomic mass is 35.5. The van der Waals surface area contributed by atoms with Crippen LogP contribution in [0.15, 0.2) is 89.1 Å². The lowest BCUT2D eigenvalue weighted by Gasteiger charge is -2.08. The van der Waals surface area contributed by atoms with Crippen LogP contribution in [0.4, 0.5) is 0 Å². The van der Waals surface area contributed by atoms with Crippen LogP contribution in [0, 0.1) is 0 Å². The number of thioether (sulfide) groups is 1. The molecule has 5 rings (SSSR count). The minimum atomic E-state index is -0.213. The molecule has 0 atom stereocenters. The first-order valence-corrected chi connectivity index (χ1v) is 12.5. The lowest BCUT2D eigenvalue weighted by atomic mass is 9.97. The molecule has 35 heavy (non-hydrogen) atoms. The molecular formula is C27H22ClN5OS. The SMILES string of the molecule is CCn1c(SCC(=O)NN=Cc2c3ccccc3cc3ccccc23)nnc1-c1ccc(Cl)cc1. The molecule has 0 radical (unpaired) electrons. The zero-order valence-corrected chi connectivity index (χ0v) is 20.6. The highest BCUT2D eigenvalue weighted by Gasteiger charge is 2.14. The van der Waals surface area contributed by atoms with E-state index in [9.17, 15) is 4.79 Å². The van der Waals surface area contributed by atoms with E-state index in [1.165, 1.54) is 11.8 Å². The Morgan fingerprint density at radius 2 is 1.66 bits per heavy atom. The summed E-state index contributed by atoms with van der Waals surface area (Å²) in [4.78, 5) is 12.5. The van der Waals surface area contributed by atoms with Gasteiger partial charge in [-0.25, -0.2) is 5.43 Å². The van der Waals surface area contributed by atoms with Crippen molar-refractivity contribution in [1.82, 2.24) is 20.2 Å². The lowest BCUT2D eigenvalue weighted by molar-refractivity contribution is -0.118. The number of hydrogen-bond donors (Lipinski definition) is 1. The maximum absolute atomic E-state index is 12.5. The van der Waals surface area contributed by atoms with Crippen LogP contribution in [0.25, 0.3) is 32.9 Å². The van der Waals surface area contributed by atoms with Crippen molar-refractivity contribution in [1.29, 1.82) is 0 Å². The largest absolute Gasteiger partial charge is 0.302 e. The zero-order valence-electron chi connectivity index (χ0n) is 19.0. The molecule has 1 heterocycles. The van der Waals surface area contributed by atoms with Crippen LogP contribution in [0.1, 0.15) is 12.5 Å². The Morgan fingerprint density at radius 1 is 1.00 bits per heavy atom. The molecule has 5 aromatic rings. The zero-order chi connectivity index (χ0) is 24.2. The lowest BCUT2D eigenvalue weighted by Crippen LogP contribution is -2.20.